The summed E-state index contributed by atoms with van der Waals surface area (Å²) in [5, 5.41) is 68.9. The third kappa shape index (κ3) is 5.20. The molecule has 8 heteroatoms. The summed E-state index contributed by atoms with van der Waals surface area (Å²) in [4.78, 5) is 0. The molecule has 0 aromatic heterocycles. The first-order valence-electron chi connectivity index (χ1n) is 10.3. The topological polar surface area (TPSA) is 151 Å². The number of hydrogen-bond acceptors (Lipinski definition) is 8. The van der Waals surface area contributed by atoms with Crippen molar-refractivity contribution in [3.63, 3.8) is 0 Å². The summed E-state index contributed by atoms with van der Waals surface area (Å²) >= 11 is 0. The number of aliphatic hydroxyl groups is 4. The smallest absolute Gasteiger partial charge is 0.161 e. The summed E-state index contributed by atoms with van der Waals surface area (Å²) in [6.07, 6.45) is 0.624. The van der Waals surface area contributed by atoms with Gasteiger partial charge >= 0.3 is 0 Å². The van der Waals surface area contributed by atoms with Crippen molar-refractivity contribution < 1.29 is 40.5 Å². The number of ether oxygens (including phenoxy) is 1. The Hall–Kier alpha value is -3.30. The number of aromatic hydroxyl groups is 3. The Balaban J connectivity index is 2.01. The lowest BCUT2D eigenvalue weighted by Crippen LogP contribution is -2.00. The van der Waals surface area contributed by atoms with Crippen LogP contribution in [0.3, 0.4) is 0 Å². The highest BCUT2D eigenvalue weighted by Crippen LogP contribution is 2.35. The number of benzene rings is 3. The third-order valence-corrected chi connectivity index (χ3v) is 5.57. The number of hydrogen-bond donors (Lipinski definition) is 7. The zero-order valence-electron chi connectivity index (χ0n) is 18.2. The molecule has 33 heavy (non-hydrogen) atoms. The van der Waals surface area contributed by atoms with Crippen molar-refractivity contribution >= 4 is 0 Å². The zero-order chi connectivity index (χ0) is 24.1. The quantitative estimate of drug-likeness (QED) is 0.258. The first kappa shape index (κ1) is 24.3. The molecule has 0 aliphatic heterocycles. The van der Waals surface area contributed by atoms with Gasteiger partial charge in [0.25, 0.3) is 0 Å². The number of phenolic OH excluding ortho intramolecular Hbond substituents is 1. The van der Waals surface area contributed by atoms with Gasteiger partial charge in [0.05, 0.1) is 33.5 Å². The number of rotatable bonds is 9. The van der Waals surface area contributed by atoms with E-state index < -0.39 is 13.2 Å². The summed E-state index contributed by atoms with van der Waals surface area (Å²) in [6, 6.07) is 9.97. The van der Waals surface area contributed by atoms with E-state index in [2.05, 4.69) is 0 Å². The molecule has 0 atom stereocenters. The molecule has 0 bridgehead atoms. The highest BCUT2D eigenvalue weighted by molar-refractivity contribution is 5.53. The molecule has 3 rings (SSSR count). The average molecular weight is 456 g/mol. The largest absolute Gasteiger partial charge is 0.507 e. The molecule has 0 fully saturated rings. The van der Waals surface area contributed by atoms with Crippen molar-refractivity contribution in [2.45, 2.75) is 39.3 Å². The second-order valence-corrected chi connectivity index (χ2v) is 7.82. The highest BCUT2D eigenvalue weighted by Gasteiger charge is 2.16. The number of methoxy groups -OCH3 is 1. The molecule has 0 spiro atoms. The van der Waals surface area contributed by atoms with Crippen LogP contribution in [0, 0.1) is 0 Å². The van der Waals surface area contributed by atoms with E-state index in [0.29, 0.717) is 28.7 Å². The van der Waals surface area contributed by atoms with E-state index in [9.17, 15) is 35.7 Å². The molecule has 0 heterocycles. The second-order valence-electron chi connectivity index (χ2n) is 7.82. The maximum atomic E-state index is 10.7. The number of aliphatic hydroxyl groups excluding tert-OH is 4. The molecule has 0 unspecified atom stereocenters. The van der Waals surface area contributed by atoms with Gasteiger partial charge in [0.1, 0.15) is 11.5 Å². The van der Waals surface area contributed by atoms with Gasteiger partial charge in [-0.05, 0) is 53.4 Å². The molecule has 0 aliphatic carbocycles. The van der Waals surface area contributed by atoms with Crippen LogP contribution < -0.4 is 4.74 Å². The van der Waals surface area contributed by atoms with Crippen LogP contribution >= 0.6 is 0 Å². The van der Waals surface area contributed by atoms with E-state index in [1.165, 1.54) is 7.11 Å². The van der Waals surface area contributed by atoms with E-state index in [1.54, 1.807) is 36.4 Å². The van der Waals surface area contributed by atoms with Crippen LogP contribution in [-0.4, -0.2) is 42.9 Å². The van der Waals surface area contributed by atoms with E-state index in [1.807, 2.05) is 0 Å². The third-order valence-electron chi connectivity index (χ3n) is 5.57. The predicted molar refractivity (Wildman–Crippen MR) is 120 cm³/mol. The first-order valence-corrected chi connectivity index (χ1v) is 10.3. The summed E-state index contributed by atoms with van der Waals surface area (Å²) in [7, 11) is 1.44. The van der Waals surface area contributed by atoms with Crippen LogP contribution in [0.1, 0.15) is 44.5 Å². The molecule has 176 valence electrons. The minimum atomic E-state index is -0.400. The maximum Gasteiger partial charge on any atom is 0.161 e. The second kappa shape index (κ2) is 10.5. The van der Waals surface area contributed by atoms with Gasteiger partial charge in [0.15, 0.2) is 11.5 Å². The monoisotopic (exact) mass is 456 g/mol. The molecule has 0 radical (unpaired) electrons. The van der Waals surface area contributed by atoms with E-state index >= 15 is 0 Å². The summed E-state index contributed by atoms with van der Waals surface area (Å²) in [5.41, 5.74) is 3.89. The van der Waals surface area contributed by atoms with Gasteiger partial charge in [0.2, 0.25) is 0 Å². The fourth-order valence-electron chi connectivity index (χ4n) is 3.93. The first-order chi connectivity index (χ1) is 15.8. The lowest BCUT2D eigenvalue weighted by atomic mass is 9.94. The molecular weight excluding hydrogens is 428 g/mol. The number of phenols is 3. The SMILES string of the molecule is COc1cc(Cc2cc(CO)c(O)c(CO)c2)cc(Cc2cc(CO)c(O)c(CO)c2)c1O. The van der Waals surface area contributed by atoms with Crippen molar-refractivity contribution in [2.75, 3.05) is 7.11 Å². The van der Waals surface area contributed by atoms with Gasteiger partial charge in [0, 0.05) is 34.2 Å². The molecule has 0 saturated heterocycles. The van der Waals surface area contributed by atoms with Crippen LogP contribution in [0.25, 0.3) is 0 Å². The molecular formula is C25H28O8. The van der Waals surface area contributed by atoms with Crippen molar-refractivity contribution in [2.24, 2.45) is 0 Å². The fraction of sp³-hybridized carbons (Fsp3) is 0.280. The van der Waals surface area contributed by atoms with Gasteiger partial charge in [-0.25, -0.2) is 0 Å². The van der Waals surface area contributed by atoms with Gasteiger partial charge in [-0.2, -0.15) is 0 Å². The van der Waals surface area contributed by atoms with E-state index in [0.717, 1.165) is 11.1 Å². The standard InChI is InChI=1S/C25H28O8/c1-33-22-9-15(2-14-5-18(10-26)23(30)19(6-14)11-27)3-17(25(22)32)4-16-7-20(12-28)24(31)21(8-16)13-29/h3,5-9,26-32H,2,4,10-13H2,1H3. The average Bonchev–Trinajstić information content (AvgIpc) is 2.82. The van der Waals surface area contributed by atoms with Crippen LogP contribution in [0.2, 0.25) is 0 Å². The Morgan fingerprint density at radius 1 is 0.515 bits per heavy atom. The van der Waals surface area contributed by atoms with Crippen LogP contribution in [0.15, 0.2) is 36.4 Å². The van der Waals surface area contributed by atoms with Crippen molar-refractivity contribution in [3.05, 3.63) is 80.9 Å². The van der Waals surface area contributed by atoms with Crippen LogP contribution in [0.4, 0.5) is 0 Å². The summed E-state index contributed by atoms with van der Waals surface area (Å²) in [6.45, 7) is -1.55. The summed E-state index contributed by atoms with van der Waals surface area (Å²) < 4.78 is 5.33. The Bertz CT molecular complexity index is 1090. The summed E-state index contributed by atoms with van der Waals surface area (Å²) in [5.74, 6) is -0.0942. The van der Waals surface area contributed by atoms with E-state index in [4.69, 9.17) is 4.74 Å². The Labute approximate surface area is 191 Å². The minimum Gasteiger partial charge on any atom is -0.507 e. The predicted octanol–water partition coefficient (Wildman–Crippen LogP) is 1.96. The van der Waals surface area contributed by atoms with Gasteiger partial charge < -0.3 is 40.5 Å². The molecule has 0 amide bonds. The van der Waals surface area contributed by atoms with Crippen LogP contribution in [-0.2, 0) is 39.3 Å². The Morgan fingerprint density at radius 3 is 1.27 bits per heavy atom. The van der Waals surface area contributed by atoms with Crippen molar-refractivity contribution in [1.82, 2.24) is 0 Å². The van der Waals surface area contributed by atoms with Gasteiger partial charge in [-0.15, -0.1) is 0 Å². The van der Waals surface area contributed by atoms with Gasteiger partial charge in [-0.3, -0.25) is 0 Å². The normalized spacial score (nSPS) is 11.1. The van der Waals surface area contributed by atoms with Crippen molar-refractivity contribution in [1.29, 1.82) is 0 Å². The molecule has 0 saturated carbocycles. The van der Waals surface area contributed by atoms with Crippen molar-refractivity contribution in [3.8, 4) is 23.0 Å². The molecule has 0 aliphatic rings. The lowest BCUT2D eigenvalue weighted by Gasteiger charge is -2.15. The lowest BCUT2D eigenvalue weighted by molar-refractivity contribution is 0.263. The molecule has 7 N–H and O–H groups in total. The van der Waals surface area contributed by atoms with E-state index in [-0.39, 0.29) is 53.8 Å². The molecule has 3 aromatic carbocycles. The zero-order valence-corrected chi connectivity index (χ0v) is 18.2. The van der Waals surface area contributed by atoms with Gasteiger partial charge in [-0.1, -0.05) is 6.07 Å². The Kier molecular flexibility index (Phi) is 7.78. The highest BCUT2D eigenvalue weighted by atomic mass is 16.5. The van der Waals surface area contributed by atoms with Crippen LogP contribution in [0.5, 0.6) is 23.0 Å². The minimum absolute atomic E-state index is 0.0526. The maximum absolute atomic E-state index is 10.7. The molecule has 8 nitrogen and oxygen atoms in total. The fourth-order valence-corrected chi connectivity index (χ4v) is 3.93. The molecule has 3 aromatic rings. The Morgan fingerprint density at radius 2 is 0.879 bits per heavy atom.